The number of allylic oxidation sites excluding steroid dienone is 3. The van der Waals surface area contributed by atoms with Crippen LogP contribution in [0.1, 0.15) is 18.4 Å². The molecule has 4 nitrogen and oxygen atoms in total. The van der Waals surface area contributed by atoms with Crippen molar-refractivity contribution in [2.75, 3.05) is 12.0 Å². The number of rotatable bonds is 4. The molecular formula is C21H18ClFN2O2S. The first-order valence-electron chi connectivity index (χ1n) is 8.84. The highest BCUT2D eigenvalue weighted by Crippen LogP contribution is 2.43. The Balaban J connectivity index is 1.74. The standard InChI is InChI=1S/C21H18ClFN2O2S/c1-27-15-7-4-6-14(12-15)25-21(26)24(19-10-2-3-11-20(19)28-25)13-16-17(22)8-5-9-18(16)23/h2-3,5-6,8-12H,4,7,13H2,1H3. The van der Waals surface area contributed by atoms with Crippen LogP contribution in [0.25, 0.3) is 0 Å². The second-order valence-electron chi connectivity index (χ2n) is 6.40. The molecule has 1 aliphatic heterocycles. The molecule has 7 heteroatoms. The van der Waals surface area contributed by atoms with E-state index in [2.05, 4.69) is 0 Å². The fraction of sp³-hybridized carbons (Fsp3) is 0.190. The summed E-state index contributed by atoms with van der Waals surface area (Å²) in [7, 11) is 1.63. The molecule has 0 N–H and O–H groups in total. The molecule has 0 aromatic heterocycles. The van der Waals surface area contributed by atoms with E-state index in [1.165, 1.54) is 18.0 Å². The summed E-state index contributed by atoms with van der Waals surface area (Å²) < 4.78 is 21.4. The molecule has 0 spiro atoms. The van der Waals surface area contributed by atoms with Crippen molar-refractivity contribution in [3.63, 3.8) is 0 Å². The molecule has 2 amide bonds. The van der Waals surface area contributed by atoms with Crippen molar-refractivity contribution < 1.29 is 13.9 Å². The summed E-state index contributed by atoms with van der Waals surface area (Å²) in [4.78, 5) is 15.8. The first-order valence-corrected chi connectivity index (χ1v) is 10.00. The molecule has 144 valence electrons. The Morgan fingerprint density at radius 1 is 1.21 bits per heavy atom. The van der Waals surface area contributed by atoms with Gasteiger partial charge in [-0.25, -0.2) is 13.5 Å². The monoisotopic (exact) mass is 416 g/mol. The summed E-state index contributed by atoms with van der Waals surface area (Å²) in [6.07, 6.45) is 5.48. The molecule has 1 aliphatic carbocycles. The van der Waals surface area contributed by atoms with Crippen molar-refractivity contribution in [2.24, 2.45) is 0 Å². The van der Waals surface area contributed by atoms with Gasteiger partial charge in [0.2, 0.25) is 0 Å². The van der Waals surface area contributed by atoms with Gasteiger partial charge < -0.3 is 4.74 Å². The molecular weight excluding hydrogens is 399 g/mol. The summed E-state index contributed by atoms with van der Waals surface area (Å²) in [5.41, 5.74) is 1.79. The van der Waals surface area contributed by atoms with Crippen molar-refractivity contribution >= 4 is 35.3 Å². The van der Waals surface area contributed by atoms with E-state index in [1.807, 2.05) is 36.4 Å². The van der Waals surface area contributed by atoms with Crippen LogP contribution >= 0.6 is 23.5 Å². The number of benzene rings is 2. The lowest BCUT2D eigenvalue weighted by Gasteiger charge is -2.37. The van der Waals surface area contributed by atoms with Crippen LogP contribution in [0.4, 0.5) is 14.9 Å². The predicted molar refractivity (Wildman–Crippen MR) is 110 cm³/mol. The average molecular weight is 417 g/mol. The molecule has 0 fully saturated rings. The van der Waals surface area contributed by atoms with E-state index in [1.54, 1.807) is 28.4 Å². The quantitative estimate of drug-likeness (QED) is 0.561. The first kappa shape index (κ1) is 18.9. The number of carbonyl (C=O) groups excluding carboxylic acids is 1. The number of amides is 2. The van der Waals surface area contributed by atoms with Gasteiger partial charge in [0.25, 0.3) is 0 Å². The van der Waals surface area contributed by atoms with Gasteiger partial charge >= 0.3 is 6.03 Å². The Hall–Kier alpha value is -2.44. The number of carbonyl (C=O) groups is 1. The van der Waals surface area contributed by atoms with Crippen LogP contribution in [-0.4, -0.2) is 17.4 Å². The van der Waals surface area contributed by atoms with Gasteiger partial charge in [-0.05, 0) is 42.6 Å². The van der Waals surface area contributed by atoms with E-state index in [0.717, 1.165) is 34.9 Å². The summed E-state index contributed by atoms with van der Waals surface area (Å²) in [6, 6.07) is 11.9. The Morgan fingerprint density at radius 3 is 2.82 bits per heavy atom. The van der Waals surface area contributed by atoms with Crippen LogP contribution in [-0.2, 0) is 11.3 Å². The summed E-state index contributed by atoms with van der Waals surface area (Å²) in [5.74, 6) is 0.398. The largest absolute Gasteiger partial charge is 0.501 e. The van der Waals surface area contributed by atoms with Crippen molar-refractivity contribution in [3.8, 4) is 0 Å². The lowest BCUT2D eigenvalue weighted by atomic mass is 10.1. The molecule has 2 aromatic rings. The second-order valence-corrected chi connectivity index (χ2v) is 7.80. The fourth-order valence-electron chi connectivity index (χ4n) is 3.23. The van der Waals surface area contributed by atoms with Crippen LogP contribution in [0.5, 0.6) is 0 Å². The smallest absolute Gasteiger partial charge is 0.339 e. The number of para-hydroxylation sites is 1. The van der Waals surface area contributed by atoms with Crippen LogP contribution in [0.3, 0.4) is 0 Å². The van der Waals surface area contributed by atoms with E-state index >= 15 is 0 Å². The van der Waals surface area contributed by atoms with Crippen LogP contribution in [0.15, 0.2) is 71.0 Å². The SMILES string of the molecule is COC1=CC(N2Sc3ccccc3N(Cc3c(F)cccc3Cl)C2=O)=CCC1. The van der Waals surface area contributed by atoms with E-state index < -0.39 is 5.82 Å². The van der Waals surface area contributed by atoms with E-state index in [0.29, 0.717) is 10.6 Å². The number of nitrogens with zero attached hydrogens (tertiary/aromatic N) is 2. The number of anilines is 1. The molecule has 4 rings (SSSR count). The highest BCUT2D eigenvalue weighted by atomic mass is 35.5. The number of urea groups is 1. The van der Waals surface area contributed by atoms with Crippen molar-refractivity contribution in [1.82, 2.24) is 4.31 Å². The maximum Gasteiger partial charge on any atom is 0.339 e. The molecule has 0 bridgehead atoms. The summed E-state index contributed by atoms with van der Waals surface area (Å²) in [6.45, 7) is 0.0482. The molecule has 0 saturated heterocycles. The highest BCUT2D eigenvalue weighted by molar-refractivity contribution is 7.98. The predicted octanol–water partition coefficient (Wildman–Crippen LogP) is 6.14. The average Bonchev–Trinajstić information content (AvgIpc) is 2.72. The molecule has 0 radical (unpaired) electrons. The van der Waals surface area contributed by atoms with Crippen molar-refractivity contribution in [3.05, 3.63) is 82.5 Å². The molecule has 2 aliphatic rings. The summed E-state index contributed by atoms with van der Waals surface area (Å²) in [5, 5.41) is 0.300. The zero-order chi connectivity index (χ0) is 19.7. The number of ether oxygens (including phenoxy) is 1. The van der Waals surface area contributed by atoms with Gasteiger partial charge in [-0.15, -0.1) is 0 Å². The third kappa shape index (κ3) is 3.50. The number of fused-ring (bicyclic) bond motifs is 1. The minimum atomic E-state index is -0.430. The molecule has 2 aromatic carbocycles. The van der Waals surface area contributed by atoms with Gasteiger partial charge in [-0.2, -0.15) is 0 Å². The lowest BCUT2D eigenvalue weighted by Crippen LogP contribution is -2.42. The van der Waals surface area contributed by atoms with Gasteiger partial charge in [0, 0.05) is 23.1 Å². The van der Waals surface area contributed by atoms with Crippen LogP contribution in [0.2, 0.25) is 5.02 Å². The Labute approximate surface area is 172 Å². The zero-order valence-corrected chi connectivity index (χ0v) is 16.8. The fourth-order valence-corrected chi connectivity index (χ4v) is 4.47. The molecule has 0 unspecified atom stereocenters. The van der Waals surface area contributed by atoms with E-state index in [-0.39, 0.29) is 12.6 Å². The Kier molecular flexibility index (Phi) is 5.33. The van der Waals surface area contributed by atoms with Crippen LogP contribution in [0, 0.1) is 5.82 Å². The van der Waals surface area contributed by atoms with Gasteiger partial charge in [0.1, 0.15) is 5.82 Å². The number of halogens is 2. The van der Waals surface area contributed by atoms with Gasteiger partial charge in [-0.1, -0.05) is 35.9 Å². The summed E-state index contributed by atoms with van der Waals surface area (Å²) >= 11 is 7.57. The van der Waals surface area contributed by atoms with E-state index in [4.69, 9.17) is 16.3 Å². The lowest BCUT2D eigenvalue weighted by molar-refractivity contribution is 0.236. The number of hydrogen-bond acceptors (Lipinski definition) is 3. The number of hydrogen-bond donors (Lipinski definition) is 0. The normalized spacial score (nSPS) is 16.5. The van der Waals surface area contributed by atoms with Crippen molar-refractivity contribution in [1.29, 1.82) is 0 Å². The minimum absolute atomic E-state index is 0.0482. The zero-order valence-electron chi connectivity index (χ0n) is 15.2. The molecule has 0 atom stereocenters. The van der Waals surface area contributed by atoms with Crippen molar-refractivity contribution in [2.45, 2.75) is 24.3 Å². The number of methoxy groups -OCH3 is 1. The topological polar surface area (TPSA) is 32.8 Å². The molecule has 28 heavy (non-hydrogen) atoms. The van der Waals surface area contributed by atoms with E-state index in [9.17, 15) is 9.18 Å². The second kappa shape index (κ2) is 7.89. The van der Waals surface area contributed by atoms with Gasteiger partial charge in [0.05, 0.1) is 35.7 Å². The van der Waals surface area contributed by atoms with Crippen LogP contribution < -0.4 is 4.90 Å². The Bertz CT molecular complexity index is 972. The minimum Gasteiger partial charge on any atom is -0.501 e. The third-order valence-corrected chi connectivity index (χ3v) is 6.12. The maximum absolute atomic E-state index is 14.4. The first-order chi connectivity index (χ1) is 13.6. The molecule has 1 heterocycles. The Morgan fingerprint density at radius 2 is 2.04 bits per heavy atom. The van der Waals surface area contributed by atoms with Gasteiger partial charge in [0.15, 0.2) is 0 Å². The highest BCUT2D eigenvalue weighted by Gasteiger charge is 2.34. The van der Waals surface area contributed by atoms with Gasteiger partial charge in [-0.3, -0.25) is 4.90 Å². The molecule has 0 saturated carbocycles. The maximum atomic E-state index is 14.4. The third-order valence-electron chi connectivity index (χ3n) is 4.68.